The molecule has 1 heterocycles. The SMILES string of the molecule is COc1ccc(Cn2c(SCC(=O)NCc3cccc(OC)c3)nc3ccccc3c2=O)cc1. The summed E-state index contributed by atoms with van der Waals surface area (Å²) in [7, 11) is 3.22. The van der Waals surface area contributed by atoms with E-state index in [-0.39, 0.29) is 17.2 Å². The summed E-state index contributed by atoms with van der Waals surface area (Å²) in [4.78, 5) is 30.5. The second kappa shape index (κ2) is 10.9. The predicted molar refractivity (Wildman–Crippen MR) is 134 cm³/mol. The van der Waals surface area contributed by atoms with E-state index in [1.165, 1.54) is 11.8 Å². The minimum Gasteiger partial charge on any atom is -0.497 e. The van der Waals surface area contributed by atoms with Crippen molar-refractivity contribution in [3.8, 4) is 11.5 Å². The van der Waals surface area contributed by atoms with Crippen LogP contribution in [-0.4, -0.2) is 35.4 Å². The molecule has 0 aliphatic heterocycles. The molecule has 0 spiro atoms. The van der Waals surface area contributed by atoms with Crippen LogP contribution in [-0.2, 0) is 17.9 Å². The molecular formula is C26H25N3O4S. The van der Waals surface area contributed by atoms with E-state index >= 15 is 0 Å². The van der Waals surface area contributed by atoms with Gasteiger partial charge >= 0.3 is 0 Å². The number of ether oxygens (including phenoxy) is 2. The summed E-state index contributed by atoms with van der Waals surface area (Å²) < 4.78 is 12.1. The summed E-state index contributed by atoms with van der Waals surface area (Å²) in [5.41, 5.74) is 2.35. The maximum absolute atomic E-state index is 13.3. The Balaban J connectivity index is 1.52. The number of benzene rings is 3. The Kier molecular flexibility index (Phi) is 7.49. The molecule has 0 atom stereocenters. The summed E-state index contributed by atoms with van der Waals surface area (Å²) in [5, 5.41) is 3.95. The quantitative estimate of drug-likeness (QED) is 0.292. The largest absolute Gasteiger partial charge is 0.497 e. The van der Waals surface area contributed by atoms with Crippen molar-refractivity contribution in [1.82, 2.24) is 14.9 Å². The van der Waals surface area contributed by atoms with E-state index in [2.05, 4.69) is 10.3 Å². The Morgan fingerprint density at radius 1 is 0.941 bits per heavy atom. The molecule has 0 fully saturated rings. The van der Waals surface area contributed by atoms with Crippen molar-refractivity contribution in [2.45, 2.75) is 18.2 Å². The van der Waals surface area contributed by atoms with Crippen LogP contribution in [0.15, 0.2) is 82.7 Å². The number of hydrogen-bond donors (Lipinski definition) is 1. The molecule has 1 aromatic heterocycles. The van der Waals surface area contributed by atoms with Crippen LogP contribution >= 0.6 is 11.8 Å². The molecule has 4 rings (SSSR count). The molecule has 0 unspecified atom stereocenters. The summed E-state index contributed by atoms with van der Waals surface area (Å²) in [6.07, 6.45) is 0. The van der Waals surface area contributed by atoms with E-state index in [1.807, 2.05) is 60.7 Å². The average Bonchev–Trinajstić information content (AvgIpc) is 2.88. The molecule has 0 saturated heterocycles. The number of hydrogen-bond acceptors (Lipinski definition) is 6. The van der Waals surface area contributed by atoms with Crippen molar-refractivity contribution in [3.63, 3.8) is 0 Å². The smallest absolute Gasteiger partial charge is 0.262 e. The molecule has 174 valence electrons. The number of aromatic nitrogens is 2. The standard InChI is InChI=1S/C26H25N3O4S/c1-32-20-12-10-18(11-13-20)16-29-25(31)22-8-3-4-9-23(22)28-26(29)34-17-24(30)27-15-19-6-5-7-21(14-19)33-2/h3-14H,15-17H2,1-2H3,(H,27,30). The molecule has 4 aromatic rings. The molecule has 8 heteroatoms. The third-order valence-corrected chi connectivity index (χ3v) is 6.26. The normalized spacial score (nSPS) is 10.8. The van der Waals surface area contributed by atoms with Gasteiger partial charge in [-0.15, -0.1) is 0 Å². The number of carbonyl (C=O) groups is 1. The van der Waals surface area contributed by atoms with Gasteiger partial charge in [0.1, 0.15) is 11.5 Å². The predicted octanol–water partition coefficient (Wildman–Crippen LogP) is 3.87. The van der Waals surface area contributed by atoms with Crippen LogP contribution < -0.4 is 20.3 Å². The van der Waals surface area contributed by atoms with Gasteiger partial charge < -0.3 is 14.8 Å². The second-order valence-electron chi connectivity index (χ2n) is 7.57. The van der Waals surface area contributed by atoms with Crippen LogP contribution in [0.4, 0.5) is 0 Å². The fourth-order valence-corrected chi connectivity index (χ4v) is 4.30. The maximum atomic E-state index is 13.3. The van der Waals surface area contributed by atoms with Crippen LogP contribution in [0, 0.1) is 0 Å². The van der Waals surface area contributed by atoms with E-state index in [0.717, 1.165) is 22.6 Å². The number of carbonyl (C=O) groups excluding carboxylic acids is 1. The van der Waals surface area contributed by atoms with Gasteiger partial charge in [0, 0.05) is 6.54 Å². The highest BCUT2D eigenvalue weighted by molar-refractivity contribution is 7.99. The Labute approximate surface area is 201 Å². The lowest BCUT2D eigenvalue weighted by atomic mass is 10.2. The molecule has 0 radical (unpaired) electrons. The van der Waals surface area contributed by atoms with Gasteiger partial charge in [-0.1, -0.05) is 48.2 Å². The first kappa shape index (κ1) is 23.4. The van der Waals surface area contributed by atoms with Gasteiger partial charge in [-0.2, -0.15) is 0 Å². The second-order valence-corrected chi connectivity index (χ2v) is 8.51. The third kappa shape index (κ3) is 5.58. The van der Waals surface area contributed by atoms with Crippen LogP contribution in [0.2, 0.25) is 0 Å². The highest BCUT2D eigenvalue weighted by Gasteiger charge is 2.14. The molecule has 1 N–H and O–H groups in total. The van der Waals surface area contributed by atoms with E-state index in [1.54, 1.807) is 30.9 Å². The summed E-state index contributed by atoms with van der Waals surface area (Å²) in [6, 6.07) is 22.3. The fourth-order valence-electron chi connectivity index (χ4n) is 3.47. The van der Waals surface area contributed by atoms with Gasteiger partial charge in [-0.05, 0) is 47.5 Å². The number of fused-ring (bicyclic) bond motifs is 1. The van der Waals surface area contributed by atoms with Crippen LogP contribution in [0.1, 0.15) is 11.1 Å². The number of methoxy groups -OCH3 is 2. The van der Waals surface area contributed by atoms with Crippen molar-refractivity contribution in [2.24, 2.45) is 0 Å². The topological polar surface area (TPSA) is 82.4 Å². The zero-order chi connectivity index (χ0) is 23.9. The van der Waals surface area contributed by atoms with Crippen LogP contribution in [0.3, 0.4) is 0 Å². The molecular weight excluding hydrogens is 450 g/mol. The Morgan fingerprint density at radius 2 is 1.71 bits per heavy atom. The van der Waals surface area contributed by atoms with Gasteiger partial charge in [0.05, 0.1) is 37.4 Å². The molecule has 0 aliphatic rings. The van der Waals surface area contributed by atoms with Gasteiger partial charge in [-0.3, -0.25) is 14.2 Å². The number of thioether (sulfide) groups is 1. The first-order valence-corrected chi connectivity index (χ1v) is 11.7. The zero-order valence-electron chi connectivity index (χ0n) is 19.0. The lowest BCUT2D eigenvalue weighted by Crippen LogP contribution is -2.27. The van der Waals surface area contributed by atoms with Crippen molar-refractivity contribution in [2.75, 3.05) is 20.0 Å². The first-order chi connectivity index (χ1) is 16.6. The van der Waals surface area contributed by atoms with E-state index in [4.69, 9.17) is 9.47 Å². The molecule has 1 amide bonds. The maximum Gasteiger partial charge on any atom is 0.262 e. The summed E-state index contributed by atoms with van der Waals surface area (Å²) in [6.45, 7) is 0.731. The summed E-state index contributed by atoms with van der Waals surface area (Å²) in [5.74, 6) is 1.47. The van der Waals surface area contributed by atoms with Crippen molar-refractivity contribution < 1.29 is 14.3 Å². The molecule has 7 nitrogen and oxygen atoms in total. The van der Waals surface area contributed by atoms with E-state index in [0.29, 0.717) is 29.1 Å². The van der Waals surface area contributed by atoms with Gasteiger partial charge in [0.2, 0.25) is 5.91 Å². The van der Waals surface area contributed by atoms with E-state index < -0.39 is 0 Å². The third-order valence-electron chi connectivity index (χ3n) is 5.28. The Bertz CT molecular complexity index is 1350. The average molecular weight is 476 g/mol. The van der Waals surface area contributed by atoms with Gasteiger partial charge in [-0.25, -0.2) is 4.98 Å². The summed E-state index contributed by atoms with van der Waals surface area (Å²) >= 11 is 1.24. The van der Waals surface area contributed by atoms with Crippen LogP contribution in [0.25, 0.3) is 10.9 Å². The molecule has 34 heavy (non-hydrogen) atoms. The van der Waals surface area contributed by atoms with Crippen molar-refractivity contribution in [1.29, 1.82) is 0 Å². The number of para-hydroxylation sites is 1. The van der Waals surface area contributed by atoms with E-state index in [9.17, 15) is 9.59 Å². The molecule has 0 bridgehead atoms. The molecule has 3 aromatic carbocycles. The highest BCUT2D eigenvalue weighted by atomic mass is 32.2. The monoisotopic (exact) mass is 475 g/mol. The highest BCUT2D eigenvalue weighted by Crippen LogP contribution is 2.20. The zero-order valence-corrected chi connectivity index (χ0v) is 19.8. The lowest BCUT2D eigenvalue weighted by Gasteiger charge is -2.14. The van der Waals surface area contributed by atoms with Crippen molar-refractivity contribution in [3.05, 3.63) is 94.3 Å². The fraction of sp³-hybridized carbons (Fsp3) is 0.192. The number of rotatable bonds is 9. The lowest BCUT2D eigenvalue weighted by molar-refractivity contribution is -0.118. The minimum absolute atomic E-state index is 0.136. The van der Waals surface area contributed by atoms with Crippen LogP contribution in [0.5, 0.6) is 11.5 Å². The Morgan fingerprint density at radius 3 is 2.47 bits per heavy atom. The minimum atomic E-state index is -0.147. The first-order valence-electron chi connectivity index (χ1n) is 10.7. The molecule has 0 saturated carbocycles. The van der Waals surface area contributed by atoms with Crippen molar-refractivity contribution >= 4 is 28.6 Å². The number of nitrogens with zero attached hydrogens (tertiary/aromatic N) is 2. The van der Waals surface area contributed by atoms with Gasteiger partial charge in [0.25, 0.3) is 5.56 Å². The Hall–Kier alpha value is -3.78. The number of amides is 1. The molecule has 0 aliphatic carbocycles. The van der Waals surface area contributed by atoms with Gasteiger partial charge in [0.15, 0.2) is 5.16 Å². The number of nitrogens with one attached hydrogen (secondary N) is 1.